The van der Waals surface area contributed by atoms with Crippen molar-refractivity contribution in [3.05, 3.63) is 71.9 Å². The molecule has 0 aliphatic heterocycles. The number of amides is 4. The molecule has 0 bridgehead atoms. The van der Waals surface area contributed by atoms with Gasteiger partial charge in [-0.3, -0.25) is 19.2 Å². The normalized spacial score (nSPS) is 13.9. The van der Waals surface area contributed by atoms with Gasteiger partial charge in [-0.2, -0.15) is 12.6 Å². The maximum absolute atomic E-state index is 13.5. The second kappa shape index (κ2) is 14.1. The van der Waals surface area contributed by atoms with Gasteiger partial charge in [-0.15, -0.1) is 0 Å². The average Bonchev–Trinajstić information content (AvgIpc) is 3.34. The number of nitrogens with one attached hydrogen (secondary N) is 4. The predicted molar refractivity (Wildman–Crippen MR) is 151 cm³/mol. The van der Waals surface area contributed by atoms with Crippen molar-refractivity contribution in [2.75, 3.05) is 5.75 Å². The molecule has 0 aliphatic rings. The molecular formula is C27H32N6O6S. The number of para-hydroxylation sites is 1. The third kappa shape index (κ3) is 8.32. The number of nitrogens with two attached hydrogens (primary N) is 2. The molecule has 4 atom stereocenters. The van der Waals surface area contributed by atoms with E-state index in [2.05, 4.69) is 33.6 Å². The van der Waals surface area contributed by atoms with Crippen LogP contribution < -0.4 is 27.4 Å². The van der Waals surface area contributed by atoms with E-state index >= 15 is 0 Å². The Bertz CT molecular complexity index is 1360. The van der Waals surface area contributed by atoms with Crippen molar-refractivity contribution < 1.29 is 29.1 Å². The van der Waals surface area contributed by atoms with Gasteiger partial charge in [-0.1, -0.05) is 48.5 Å². The summed E-state index contributed by atoms with van der Waals surface area (Å²) in [6.07, 6.45) is 1.12. The van der Waals surface area contributed by atoms with Crippen molar-refractivity contribution in [3.8, 4) is 0 Å². The minimum absolute atomic E-state index is 0.0115. The summed E-state index contributed by atoms with van der Waals surface area (Å²) in [4.78, 5) is 65.8. The molecule has 2 aromatic carbocycles. The number of H-pyrrole nitrogens is 1. The van der Waals surface area contributed by atoms with Crippen LogP contribution in [0, 0.1) is 0 Å². The number of aliphatic carboxylic acids is 1. The minimum atomic E-state index is -1.42. The van der Waals surface area contributed by atoms with Gasteiger partial charge >= 0.3 is 5.97 Å². The smallest absolute Gasteiger partial charge is 0.326 e. The summed E-state index contributed by atoms with van der Waals surface area (Å²) in [5.74, 6) is -4.50. The summed E-state index contributed by atoms with van der Waals surface area (Å²) >= 11 is 3.96. The number of carboxylic acid groups (broad SMARTS) is 1. The molecule has 0 saturated carbocycles. The Kier molecular flexibility index (Phi) is 10.7. The lowest BCUT2D eigenvalue weighted by molar-refractivity contribution is -0.142. The molecule has 40 heavy (non-hydrogen) atoms. The van der Waals surface area contributed by atoms with Gasteiger partial charge < -0.3 is 37.5 Å². The summed E-state index contributed by atoms with van der Waals surface area (Å²) in [7, 11) is 0. The summed E-state index contributed by atoms with van der Waals surface area (Å²) in [5, 5.41) is 18.0. The number of carbonyl (C=O) groups is 5. The first-order chi connectivity index (χ1) is 19.1. The van der Waals surface area contributed by atoms with Gasteiger partial charge in [0.25, 0.3) is 0 Å². The zero-order valence-corrected chi connectivity index (χ0v) is 22.4. The molecule has 12 nitrogen and oxygen atoms in total. The summed E-state index contributed by atoms with van der Waals surface area (Å²) < 4.78 is 0. The van der Waals surface area contributed by atoms with Crippen molar-refractivity contribution in [2.45, 2.75) is 43.4 Å². The second-order valence-electron chi connectivity index (χ2n) is 9.23. The number of aromatic amines is 1. The van der Waals surface area contributed by atoms with E-state index in [-0.39, 0.29) is 18.6 Å². The number of carboxylic acids is 1. The zero-order valence-electron chi connectivity index (χ0n) is 21.5. The number of fused-ring (bicyclic) bond motifs is 1. The number of carbonyl (C=O) groups excluding carboxylic acids is 4. The fraction of sp³-hybridized carbons (Fsp3) is 0.296. The first-order valence-corrected chi connectivity index (χ1v) is 13.1. The van der Waals surface area contributed by atoms with Crippen LogP contribution in [0.5, 0.6) is 0 Å². The molecular weight excluding hydrogens is 536 g/mol. The lowest BCUT2D eigenvalue weighted by atomic mass is 10.0. The lowest BCUT2D eigenvalue weighted by Gasteiger charge is -2.25. The number of thiol groups is 1. The largest absolute Gasteiger partial charge is 0.480 e. The molecule has 4 unspecified atom stereocenters. The highest BCUT2D eigenvalue weighted by Gasteiger charge is 2.31. The SMILES string of the molecule is NC(=O)CC(NC(=O)C(N)CS)C(=O)NC(Cc1c[nH]c2ccccc12)C(=O)NC(Cc1ccccc1)C(=O)O. The third-order valence-corrected chi connectivity index (χ3v) is 6.59. The number of benzene rings is 2. The molecule has 0 fully saturated rings. The van der Waals surface area contributed by atoms with E-state index in [4.69, 9.17) is 11.5 Å². The number of aromatic nitrogens is 1. The molecule has 9 N–H and O–H groups in total. The van der Waals surface area contributed by atoms with Gasteiger partial charge in [-0.05, 0) is 17.2 Å². The quantitative estimate of drug-likeness (QED) is 0.121. The Morgan fingerprint density at radius 1 is 0.825 bits per heavy atom. The van der Waals surface area contributed by atoms with Crippen molar-refractivity contribution in [1.29, 1.82) is 0 Å². The van der Waals surface area contributed by atoms with E-state index in [0.717, 1.165) is 10.9 Å². The number of primary amides is 1. The molecule has 0 spiro atoms. The minimum Gasteiger partial charge on any atom is -0.480 e. The van der Waals surface area contributed by atoms with E-state index in [0.29, 0.717) is 11.1 Å². The van der Waals surface area contributed by atoms with Crippen LogP contribution in [0.2, 0.25) is 0 Å². The fourth-order valence-electron chi connectivity index (χ4n) is 4.10. The van der Waals surface area contributed by atoms with Gasteiger partial charge in [-0.25, -0.2) is 4.79 Å². The van der Waals surface area contributed by atoms with E-state index in [9.17, 15) is 29.1 Å². The van der Waals surface area contributed by atoms with Gasteiger partial charge in [0.1, 0.15) is 18.1 Å². The standard InChI is InChI=1S/C27H32N6O6S/c28-18(14-40)24(35)31-21(12-23(29)34)26(37)32-20(11-16-13-30-19-9-5-4-8-17(16)19)25(36)33-22(27(38)39)10-15-6-2-1-3-7-15/h1-9,13,18,20-22,30,40H,10-12,14,28H2,(H2,29,34)(H,31,35)(H,32,37)(H,33,36)(H,38,39). The maximum atomic E-state index is 13.5. The molecule has 0 aliphatic carbocycles. The monoisotopic (exact) mass is 568 g/mol. The molecule has 4 amide bonds. The number of hydrogen-bond acceptors (Lipinski definition) is 7. The van der Waals surface area contributed by atoms with Gasteiger partial charge in [0.2, 0.25) is 23.6 Å². The van der Waals surface area contributed by atoms with Crippen molar-refractivity contribution in [3.63, 3.8) is 0 Å². The Labute approximate surface area is 235 Å². The van der Waals surface area contributed by atoms with E-state index in [1.165, 1.54) is 0 Å². The van der Waals surface area contributed by atoms with Crippen molar-refractivity contribution in [2.24, 2.45) is 11.5 Å². The molecule has 0 radical (unpaired) electrons. The second-order valence-corrected chi connectivity index (χ2v) is 9.60. The Hall–Kier alpha value is -4.36. The molecule has 0 saturated heterocycles. The van der Waals surface area contributed by atoms with Crippen LogP contribution in [-0.2, 0) is 36.8 Å². The van der Waals surface area contributed by atoms with Crippen LogP contribution >= 0.6 is 12.6 Å². The van der Waals surface area contributed by atoms with Crippen molar-refractivity contribution >= 4 is 53.1 Å². The Morgan fingerprint density at radius 3 is 2.08 bits per heavy atom. The number of hydrogen-bond donors (Lipinski definition) is 8. The maximum Gasteiger partial charge on any atom is 0.326 e. The summed E-state index contributed by atoms with van der Waals surface area (Å²) in [5.41, 5.74) is 13.1. The van der Waals surface area contributed by atoms with Gasteiger partial charge in [0.15, 0.2) is 0 Å². The molecule has 1 heterocycles. The molecule has 3 rings (SSSR count). The Morgan fingerprint density at radius 2 is 1.43 bits per heavy atom. The van der Waals surface area contributed by atoms with E-state index in [1.54, 1.807) is 36.5 Å². The van der Waals surface area contributed by atoms with Crippen LogP contribution in [0.15, 0.2) is 60.8 Å². The molecule has 3 aromatic rings. The van der Waals surface area contributed by atoms with E-state index < -0.39 is 60.2 Å². The Balaban J connectivity index is 1.87. The highest BCUT2D eigenvalue weighted by molar-refractivity contribution is 7.80. The van der Waals surface area contributed by atoms with Crippen LogP contribution in [0.4, 0.5) is 0 Å². The zero-order chi connectivity index (χ0) is 29.2. The summed E-state index contributed by atoms with van der Waals surface area (Å²) in [6, 6.07) is 11.1. The van der Waals surface area contributed by atoms with Crippen LogP contribution in [0.1, 0.15) is 17.5 Å². The van der Waals surface area contributed by atoms with Gasteiger partial charge in [0.05, 0.1) is 12.5 Å². The molecule has 212 valence electrons. The highest BCUT2D eigenvalue weighted by Crippen LogP contribution is 2.19. The van der Waals surface area contributed by atoms with Crippen molar-refractivity contribution in [1.82, 2.24) is 20.9 Å². The first kappa shape index (κ1) is 30.2. The van der Waals surface area contributed by atoms with Crippen LogP contribution in [0.3, 0.4) is 0 Å². The highest BCUT2D eigenvalue weighted by atomic mass is 32.1. The lowest BCUT2D eigenvalue weighted by Crippen LogP contribution is -2.58. The molecule has 13 heteroatoms. The average molecular weight is 569 g/mol. The van der Waals surface area contributed by atoms with E-state index in [1.807, 2.05) is 24.3 Å². The predicted octanol–water partition coefficient (Wildman–Crippen LogP) is -0.375. The van der Waals surface area contributed by atoms with Gasteiger partial charge in [0, 0.05) is 35.7 Å². The number of rotatable bonds is 14. The van der Waals surface area contributed by atoms with Crippen LogP contribution in [0.25, 0.3) is 10.9 Å². The third-order valence-electron chi connectivity index (χ3n) is 6.20. The summed E-state index contributed by atoms with van der Waals surface area (Å²) in [6.45, 7) is 0. The first-order valence-electron chi connectivity index (χ1n) is 12.5. The topological polar surface area (TPSA) is 209 Å². The van der Waals surface area contributed by atoms with Crippen LogP contribution in [-0.4, -0.2) is 69.6 Å². The fourth-order valence-corrected chi connectivity index (χ4v) is 4.26. The molecule has 1 aromatic heterocycles.